The lowest BCUT2D eigenvalue weighted by Gasteiger charge is -2.27. The summed E-state index contributed by atoms with van der Waals surface area (Å²) in [5.74, 6) is 0. The molecule has 1 aliphatic heterocycles. The van der Waals surface area contributed by atoms with Gasteiger partial charge in [0.2, 0.25) is 0 Å². The molecular weight excluding hydrogens is 283 g/mol. The quantitative estimate of drug-likeness (QED) is 0.933. The predicted octanol–water partition coefficient (Wildman–Crippen LogP) is 2.87. The maximum absolute atomic E-state index is 12.9. The van der Waals surface area contributed by atoms with Crippen molar-refractivity contribution in [3.63, 3.8) is 0 Å². The molecule has 0 amide bonds. The molecule has 0 aliphatic carbocycles. The number of aryl methyl sites for hydroxylation is 1. The highest BCUT2D eigenvalue weighted by Gasteiger charge is 2.46. The Morgan fingerprint density at radius 1 is 1.38 bits per heavy atom. The van der Waals surface area contributed by atoms with Crippen LogP contribution >= 0.6 is 0 Å². The number of hydrogen-bond acceptors (Lipinski definition) is 3. The number of aromatic nitrogens is 2. The van der Waals surface area contributed by atoms with Crippen LogP contribution in [0.25, 0.3) is 0 Å². The number of hydrogen-bond donors (Lipinski definition) is 1. The first-order valence-corrected chi connectivity index (χ1v) is 6.94. The van der Waals surface area contributed by atoms with E-state index in [9.17, 15) is 13.2 Å². The Labute approximate surface area is 122 Å². The number of nitrogens with one attached hydrogen (secondary N) is 1. The van der Waals surface area contributed by atoms with Gasteiger partial charge in [-0.05, 0) is 34.1 Å². The van der Waals surface area contributed by atoms with E-state index in [0.717, 1.165) is 6.42 Å². The minimum absolute atomic E-state index is 0.00575. The van der Waals surface area contributed by atoms with Crippen molar-refractivity contribution >= 4 is 0 Å². The normalized spacial score (nSPS) is 24.5. The molecule has 0 radical (unpaired) electrons. The number of halogens is 3. The van der Waals surface area contributed by atoms with Crippen LogP contribution < -0.4 is 5.32 Å². The van der Waals surface area contributed by atoms with Crippen LogP contribution in [0, 0.1) is 0 Å². The van der Waals surface area contributed by atoms with E-state index in [1.807, 2.05) is 27.7 Å². The second kappa shape index (κ2) is 4.98. The summed E-state index contributed by atoms with van der Waals surface area (Å²) >= 11 is 0. The molecule has 0 spiro atoms. The van der Waals surface area contributed by atoms with Gasteiger partial charge in [0, 0.05) is 31.4 Å². The monoisotopic (exact) mass is 305 g/mol. The van der Waals surface area contributed by atoms with Crippen LogP contribution in [0.5, 0.6) is 0 Å². The standard InChI is InChI=1S/C14H22F3N3O/c1-12(2)6-10(13(3,4)21-12)18-7-9-8-20(5)19-11(9)14(15,16)17/h8,10,18H,6-7H2,1-5H3. The summed E-state index contributed by atoms with van der Waals surface area (Å²) in [6.07, 6.45) is -2.27. The van der Waals surface area contributed by atoms with Crippen molar-refractivity contribution in [3.05, 3.63) is 17.5 Å². The molecule has 1 N–H and O–H groups in total. The fraction of sp³-hybridized carbons (Fsp3) is 0.786. The zero-order valence-corrected chi connectivity index (χ0v) is 13.0. The van der Waals surface area contributed by atoms with Crippen LogP contribution in [-0.2, 0) is 24.5 Å². The summed E-state index contributed by atoms with van der Waals surface area (Å²) < 4.78 is 45.9. The van der Waals surface area contributed by atoms with Crippen LogP contribution in [0.2, 0.25) is 0 Å². The van der Waals surface area contributed by atoms with Crippen LogP contribution in [0.3, 0.4) is 0 Å². The summed E-state index contributed by atoms with van der Waals surface area (Å²) in [5, 5.41) is 6.70. The maximum atomic E-state index is 12.9. The minimum atomic E-state index is -4.43. The van der Waals surface area contributed by atoms with E-state index in [4.69, 9.17) is 4.74 Å². The van der Waals surface area contributed by atoms with Gasteiger partial charge in [0.05, 0.1) is 11.2 Å². The molecule has 0 saturated carbocycles. The van der Waals surface area contributed by atoms with Crippen molar-refractivity contribution in [1.29, 1.82) is 0 Å². The first-order chi connectivity index (χ1) is 9.41. The van der Waals surface area contributed by atoms with E-state index in [2.05, 4.69) is 10.4 Å². The van der Waals surface area contributed by atoms with Gasteiger partial charge in [-0.25, -0.2) is 0 Å². The van der Waals surface area contributed by atoms with Crippen molar-refractivity contribution in [3.8, 4) is 0 Å². The number of alkyl halides is 3. The molecule has 1 saturated heterocycles. The molecule has 1 unspecified atom stereocenters. The van der Waals surface area contributed by atoms with Crippen LogP contribution in [0.1, 0.15) is 45.4 Å². The minimum Gasteiger partial charge on any atom is -0.368 e. The van der Waals surface area contributed by atoms with Gasteiger partial charge in [0.15, 0.2) is 5.69 Å². The third-order valence-corrected chi connectivity index (χ3v) is 3.79. The van der Waals surface area contributed by atoms with Gasteiger partial charge in [-0.1, -0.05) is 0 Å². The van der Waals surface area contributed by atoms with E-state index in [0.29, 0.717) is 0 Å². The van der Waals surface area contributed by atoms with Crippen LogP contribution in [0.4, 0.5) is 13.2 Å². The van der Waals surface area contributed by atoms with E-state index in [1.54, 1.807) is 0 Å². The largest absolute Gasteiger partial charge is 0.435 e. The van der Waals surface area contributed by atoms with Crippen molar-refractivity contribution in [2.45, 2.75) is 64.1 Å². The van der Waals surface area contributed by atoms with Crippen molar-refractivity contribution in [2.75, 3.05) is 0 Å². The SMILES string of the molecule is Cn1cc(CNC2CC(C)(C)OC2(C)C)c(C(F)(F)F)n1. The van der Waals surface area contributed by atoms with Crippen LogP contribution in [-0.4, -0.2) is 27.0 Å². The Balaban J connectivity index is 2.11. The molecule has 1 atom stereocenters. The van der Waals surface area contributed by atoms with Gasteiger partial charge in [-0.2, -0.15) is 18.3 Å². The van der Waals surface area contributed by atoms with E-state index < -0.39 is 17.5 Å². The molecular formula is C14H22F3N3O. The lowest BCUT2D eigenvalue weighted by atomic mass is 9.94. The van der Waals surface area contributed by atoms with Gasteiger partial charge < -0.3 is 10.1 Å². The molecule has 1 fully saturated rings. The van der Waals surface area contributed by atoms with E-state index in [1.165, 1.54) is 17.9 Å². The second-order valence-corrected chi connectivity index (χ2v) is 6.78. The van der Waals surface area contributed by atoms with Gasteiger partial charge in [-0.15, -0.1) is 0 Å². The lowest BCUT2D eigenvalue weighted by Crippen LogP contribution is -2.43. The first-order valence-electron chi connectivity index (χ1n) is 6.94. The summed E-state index contributed by atoms with van der Waals surface area (Å²) in [6, 6.07) is -0.00575. The molecule has 0 bridgehead atoms. The molecule has 21 heavy (non-hydrogen) atoms. The molecule has 0 aromatic carbocycles. The predicted molar refractivity (Wildman–Crippen MR) is 72.7 cm³/mol. The maximum Gasteiger partial charge on any atom is 0.435 e. The van der Waals surface area contributed by atoms with Crippen molar-refractivity contribution in [1.82, 2.24) is 15.1 Å². The lowest BCUT2D eigenvalue weighted by molar-refractivity contribution is -0.142. The Hall–Kier alpha value is -1.08. The molecule has 2 heterocycles. The highest BCUT2D eigenvalue weighted by atomic mass is 19.4. The molecule has 1 aromatic rings. The topological polar surface area (TPSA) is 39.1 Å². The molecule has 120 valence electrons. The second-order valence-electron chi connectivity index (χ2n) is 6.78. The van der Waals surface area contributed by atoms with Crippen LogP contribution in [0.15, 0.2) is 6.20 Å². The van der Waals surface area contributed by atoms with Gasteiger partial charge >= 0.3 is 6.18 Å². The fourth-order valence-electron chi connectivity index (χ4n) is 3.02. The zero-order valence-electron chi connectivity index (χ0n) is 13.0. The zero-order chi connectivity index (χ0) is 16.1. The molecule has 1 aromatic heterocycles. The molecule has 2 rings (SSSR count). The average Bonchev–Trinajstić information content (AvgIpc) is 2.72. The van der Waals surface area contributed by atoms with Crippen molar-refractivity contribution in [2.24, 2.45) is 7.05 Å². The average molecular weight is 305 g/mol. The number of ether oxygens (including phenoxy) is 1. The van der Waals surface area contributed by atoms with Gasteiger partial charge in [-0.3, -0.25) is 4.68 Å². The first kappa shape index (κ1) is 16.3. The highest BCUT2D eigenvalue weighted by molar-refractivity contribution is 5.20. The van der Waals surface area contributed by atoms with Crippen molar-refractivity contribution < 1.29 is 17.9 Å². The van der Waals surface area contributed by atoms with Gasteiger partial charge in [0.25, 0.3) is 0 Å². The molecule has 1 aliphatic rings. The third-order valence-electron chi connectivity index (χ3n) is 3.79. The van der Waals surface area contributed by atoms with E-state index >= 15 is 0 Å². The number of nitrogens with zero attached hydrogens (tertiary/aromatic N) is 2. The molecule has 4 nitrogen and oxygen atoms in total. The Kier molecular flexibility index (Phi) is 3.87. The fourth-order valence-corrected chi connectivity index (χ4v) is 3.02. The Morgan fingerprint density at radius 2 is 2.00 bits per heavy atom. The Bertz CT molecular complexity index is 520. The molecule has 7 heteroatoms. The van der Waals surface area contributed by atoms with Gasteiger partial charge in [0.1, 0.15) is 0 Å². The highest BCUT2D eigenvalue weighted by Crippen LogP contribution is 2.37. The Morgan fingerprint density at radius 3 is 2.48 bits per heavy atom. The summed E-state index contributed by atoms with van der Waals surface area (Å²) in [7, 11) is 1.49. The summed E-state index contributed by atoms with van der Waals surface area (Å²) in [5.41, 5.74) is -1.36. The third kappa shape index (κ3) is 3.58. The number of rotatable bonds is 3. The summed E-state index contributed by atoms with van der Waals surface area (Å²) in [4.78, 5) is 0. The smallest absolute Gasteiger partial charge is 0.368 e. The summed E-state index contributed by atoms with van der Waals surface area (Å²) in [6.45, 7) is 8.00. The van der Waals surface area contributed by atoms with E-state index in [-0.39, 0.29) is 23.8 Å².